The number of rotatable bonds is 6. The maximum absolute atomic E-state index is 11.9. The summed E-state index contributed by atoms with van der Waals surface area (Å²) in [5.41, 5.74) is 0.506. The van der Waals surface area contributed by atoms with Crippen LogP contribution >= 0.6 is 0 Å². The lowest BCUT2D eigenvalue weighted by atomic mass is 10.3. The molecule has 8 heteroatoms. The van der Waals surface area contributed by atoms with Gasteiger partial charge in [0.05, 0.1) is 18.4 Å². The van der Waals surface area contributed by atoms with Crippen LogP contribution in [0.4, 0.5) is 5.69 Å². The van der Waals surface area contributed by atoms with Crippen LogP contribution in [0.3, 0.4) is 0 Å². The molecule has 0 aliphatic carbocycles. The van der Waals surface area contributed by atoms with Crippen LogP contribution in [-0.2, 0) is 24.3 Å². The van der Waals surface area contributed by atoms with Crippen LogP contribution in [0.2, 0.25) is 0 Å². The van der Waals surface area contributed by atoms with Gasteiger partial charge < -0.3 is 10.1 Å². The maximum Gasteiger partial charge on any atom is 0.306 e. The molecular weight excluding hydrogens is 284 g/mol. The minimum atomic E-state index is -3.68. The van der Waals surface area contributed by atoms with E-state index < -0.39 is 16.0 Å². The third-order valence-corrected chi connectivity index (χ3v) is 3.81. The van der Waals surface area contributed by atoms with Crippen molar-refractivity contribution in [2.45, 2.75) is 18.2 Å². The van der Waals surface area contributed by atoms with Crippen molar-refractivity contribution in [3.63, 3.8) is 0 Å². The third kappa shape index (κ3) is 4.98. The van der Waals surface area contributed by atoms with Crippen LogP contribution in [-0.4, -0.2) is 33.9 Å². The van der Waals surface area contributed by atoms with Gasteiger partial charge in [-0.15, -0.1) is 0 Å². The lowest BCUT2D eigenvalue weighted by Gasteiger charge is -2.07. The van der Waals surface area contributed by atoms with Crippen molar-refractivity contribution in [2.75, 3.05) is 19.0 Å². The molecule has 0 spiro atoms. The molecule has 0 fully saturated rings. The van der Waals surface area contributed by atoms with Crippen molar-refractivity contribution in [1.29, 1.82) is 0 Å². The van der Waals surface area contributed by atoms with E-state index in [0.29, 0.717) is 5.69 Å². The van der Waals surface area contributed by atoms with Crippen LogP contribution in [0.1, 0.15) is 13.3 Å². The van der Waals surface area contributed by atoms with Crippen molar-refractivity contribution in [1.82, 2.24) is 4.72 Å². The Morgan fingerprint density at radius 2 is 1.80 bits per heavy atom. The second-order valence-corrected chi connectivity index (χ2v) is 5.70. The summed E-state index contributed by atoms with van der Waals surface area (Å²) in [6, 6.07) is 5.70. The largest absolute Gasteiger partial charge is 0.469 e. The van der Waals surface area contributed by atoms with Crippen molar-refractivity contribution in [3.8, 4) is 0 Å². The molecule has 2 N–H and O–H groups in total. The predicted molar refractivity (Wildman–Crippen MR) is 72.6 cm³/mol. The number of benzene rings is 1. The Morgan fingerprint density at radius 3 is 2.30 bits per heavy atom. The summed E-state index contributed by atoms with van der Waals surface area (Å²) >= 11 is 0. The summed E-state index contributed by atoms with van der Waals surface area (Å²) in [7, 11) is -2.45. The molecule has 0 saturated carbocycles. The minimum absolute atomic E-state index is 0.0392. The number of nitrogens with one attached hydrogen (secondary N) is 2. The van der Waals surface area contributed by atoms with Crippen LogP contribution in [0.25, 0.3) is 0 Å². The normalized spacial score (nSPS) is 10.9. The number of ether oxygens (including phenoxy) is 1. The Balaban J connectivity index is 2.68. The molecule has 1 aromatic carbocycles. The number of sulfonamides is 1. The lowest BCUT2D eigenvalue weighted by molar-refractivity contribution is -0.140. The van der Waals surface area contributed by atoms with Gasteiger partial charge in [0, 0.05) is 19.2 Å². The number of hydrogen-bond donors (Lipinski definition) is 2. The Bertz CT molecular complexity index is 580. The van der Waals surface area contributed by atoms with Gasteiger partial charge in [-0.25, -0.2) is 13.1 Å². The highest BCUT2D eigenvalue weighted by Gasteiger charge is 2.14. The lowest BCUT2D eigenvalue weighted by Crippen LogP contribution is -2.26. The first-order valence-electron chi connectivity index (χ1n) is 5.79. The zero-order valence-electron chi connectivity index (χ0n) is 11.2. The molecule has 0 heterocycles. The number of methoxy groups -OCH3 is 1. The highest BCUT2D eigenvalue weighted by atomic mass is 32.2. The van der Waals surface area contributed by atoms with Gasteiger partial charge in [-0.1, -0.05) is 0 Å². The summed E-state index contributed by atoms with van der Waals surface area (Å²) in [6.07, 6.45) is -0.0420. The van der Waals surface area contributed by atoms with Gasteiger partial charge >= 0.3 is 5.97 Å². The molecule has 0 radical (unpaired) electrons. The van der Waals surface area contributed by atoms with Gasteiger partial charge in [-0.2, -0.15) is 0 Å². The Kier molecular flexibility index (Phi) is 5.66. The van der Waals surface area contributed by atoms with Gasteiger partial charge in [0.15, 0.2) is 0 Å². The predicted octanol–water partition coefficient (Wildman–Crippen LogP) is 0.486. The standard InChI is InChI=1S/C12H16N2O5S/c1-9(15)14-10-3-5-11(6-4-10)20(17,18)13-8-7-12(16)19-2/h3-6,13H,7-8H2,1-2H3,(H,14,15). The van der Waals surface area contributed by atoms with Crippen molar-refractivity contribution in [2.24, 2.45) is 0 Å². The fourth-order valence-corrected chi connectivity index (χ4v) is 2.43. The molecule has 20 heavy (non-hydrogen) atoms. The number of hydrogen-bond acceptors (Lipinski definition) is 5. The first-order chi connectivity index (χ1) is 9.35. The monoisotopic (exact) mass is 300 g/mol. The number of carbonyl (C=O) groups is 2. The molecule has 1 rings (SSSR count). The summed E-state index contributed by atoms with van der Waals surface area (Å²) in [6.45, 7) is 1.32. The Labute approximate surface area is 117 Å². The highest BCUT2D eigenvalue weighted by Crippen LogP contribution is 2.13. The summed E-state index contributed by atoms with van der Waals surface area (Å²) in [5.74, 6) is -0.731. The fraction of sp³-hybridized carbons (Fsp3) is 0.333. The van der Waals surface area contributed by atoms with E-state index in [-0.39, 0.29) is 23.8 Å². The molecule has 1 aromatic rings. The SMILES string of the molecule is COC(=O)CCNS(=O)(=O)c1ccc(NC(C)=O)cc1. The molecule has 0 bridgehead atoms. The van der Waals surface area contributed by atoms with Crippen molar-refractivity contribution < 1.29 is 22.7 Å². The number of carbonyl (C=O) groups excluding carboxylic acids is 2. The fourth-order valence-electron chi connectivity index (χ4n) is 1.39. The number of esters is 1. The van der Waals surface area contributed by atoms with E-state index in [9.17, 15) is 18.0 Å². The van der Waals surface area contributed by atoms with Gasteiger partial charge in [-0.05, 0) is 24.3 Å². The number of amides is 1. The topological polar surface area (TPSA) is 102 Å². The van der Waals surface area contributed by atoms with E-state index >= 15 is 0 Å². The molecule has 0 aliphatic heterocycles. The van der Waals surface area contributed by atoms with Crippen LogP contribution in [0.15, 0.2) is 29.2 Å². The highest BCUT2D eigenvalue weighted by molar-refractivity contribution is 7.89. The molecule has 0 saturated heterocycles. The van der Waals surface area contributed by atoms with Gasteiger partial charge in [0.25, 0.3) is 0 Å². The van der Waals surface area contributed by atoms with Gasteiger partial charge in [0.1, 0.15) is 0 Å². The molecule has 0 aliphatic rings. The molecule has 0 atom stereocenters. The first kappa shape index (κ1) is 16.1. The second kappa shape index (κ2) is 7.01. The first-order valence-corrected chi connectivity index (χ1v) is 7.27. The molecular formula is C12H16N2O5S. The summed E-state index contributed by atoms with van der Waals surface area (Å²) < 4.78 is 30.5. The Morgan fingerprint density at radius 1 is 1.20 bits per heavy atom. The van der Waals surface area contributed by atoms with Crippen LogP contribution < -0.4 is 10.0 Å². The number of anilines is 1. The van der Waals surface area contributed by atoms with Crippen LogP contribution in [0, 0.1) is 0 Å². The van der Waals surface area contributed by atoms with E-state index in [4.69, 9.17) is 0 Å². The second-order valence-electron chi connectivity index (χ2n) is 3.93. The quantitative estimate of drug-likeness (QED) is 0.744. The molecule has 0 aromatic heterocycles. The minimum Gasteiger partial charge on any atom is -0.469 e. The summed E-state index contributed by atoms with van der Waals surface area (Å²) in [5, 5.41) is 2.53. The van der Waals surface area contributed by atoms with E-state index in [2.05, 4.69) is 14.8 Å². The van der Waals surface area contributed by atoms with E-state index in [1.54, 1.807) is 0 Å². The van der Waals surface area contributed by atoms with Gasteiger partial charge in [0.2, 0.25) is 15.9 Å². The van der Waals surface area contributed by atoms with Crippen molar-refractivity contribution >= 4 is 27.6 Å². The smallest absolute Gasteiger partial charge is 0.306 e. The molecule has 0 unspecified atom stereocenters. The summed E-state index contributed by atoms with van der Waals surface area (Å²) in [4.78, 5) is 21.8. The van der Waals surface area contributed by atoms with Gasteiger partial charge in [-0.3, -0.25) is 9.59 Å². The van der Waals surface area contributed by atoms with E-state index in [1.807, 2.05) is 0 Å². The zero-order chi connectivity index (χ0) is 15.2. The molecule has 7 nitrogen and oxygen atoms in total. The molecule has 1 amide bonds. The Hall–Kier alpha value is -1.93. The van der Waals surface area contributed by atoms with E-state index in [1.165, 1.54) is 38.3 Å². The zero-order valence-corrected chi connectivity index (χ0v) is 12.0. The van der Waals surface area contributed by atoms with E-state index in [0.717, 1.165) is 0 Å². The molecule has 110 valence electrons. The average Bonchev–Trinajstić information content (AvgIpc) is 2.38. The third-order valence-electron chi connectivity index (χ3n) is 2.33. The maximum atomic E-state index is 11.9. The average molecular weight is 300 g/mol. The van der Waals surface area contributed by atoms with Crippen LogP contribution in [0.5, 0.6) is 0 Å². The van der Waals surface area contributed by atoms with Crippen molar-refractivity contribution in [3.05, 3.63) is 24.3 Å².